The number of hydrogen-bond donors (Lipinski definition) is 3. The lowest BCUT2D eigenvalue weighted by molar-refractivity contribution is -0.711. The molecule has 0 saturated heterocycles. The van der Waals surface area contributed by atoms with Gasteiger partial charge in [-0.3, -0.25) is 5.73 Å². The molecule has 2 heterocycles. The maximum atomic E-state index is 13.3. The second kappa shape index (κ2) is 10.1. The van der Waals surface area contributed by atoms with Crippen molar-refractivity contribution in [3.63, 3.8) is 0 Å². The highest BCUT2D eigenvalue weighted by atomic mass is 31.2. The molecule has 2 aromatic heterocycles. The Hall–Kier alpha value is -3.62. The third kappa shape index (κ3) is 6.24. The van der Waals surface area contributed by atoms with Gasteiger partial charge >= 0.3 is 7.82 Å². The van der Waals surface area contributed by atoms with Gasteiger partial charge in [0, 0.05) is 12.5 Å². The maximum Gasteiger partial charge on any atom is 0.472 e. The van der Waals surface area contributed by atoms with E-state index in [0.717, 1.165) is 16.7 Å². The molecule has 0 spiro atoms. The highest BCUT2D eigenvalue weighted by Crippen LogP contribution is 2.35. The van der Waals surface area contributed by atoms with Gasteiger partial charge < -0.3 is 14.3 Å². The Morgan fingerprint density at radius 3 is 2.56 bits per heavy atom. The second-order valence-corrected chi connectivity index (χ2v) is 8.75. The minimum Gasteiger partial charge on any atom is -0.356 e. The molecule has 10 heteroatoms. The number of aromatic nitrogens is 2. The third-order valence-corrected chi connectivity index (χ3v) is 5.44. The van der Waals surface area contributed by atoms with Crippen molar-refractivity contribution in [1.29, 1.82) is 0 Å². The summed E-state index contributed by atoms with van der Waals surface area (Å²) >= 11 is 0. The summed E-state index contributed by atoms with van der Waals surface area (Å²) in [6, 6.07) is 19.4. The van der Waals surface area contributed by atoms with Gasteiger partial charge in [-0.25, -0.2) is 18.0 Å². The van der Waals surface area contributed by atoms with E-state index in [1.165, 1.54) is 22.9 Å². The summed E-state index contributed by atoms with van der Waals surface area (Å²) in [5, 5.41) is 4.11. The molecule has 4 N–H and O–H groups in total. The molecule has 0 fully saturated rings. The summed E-state index contributed by atoms with van der Waals surface area (Å²) in [7, 11) is -4.63. The average Bonchev–Trinajstić information content (AvgIpc) is 3.25. The number of halogens is 1. The molecule has 0 bridgehead atoms. The lowest BCUT2D eigenvalue weighted by Crippen LogP contribution is -2.38. The van der Waals surface area contributed by atoms with Gasteiger partial charge in [0.1, 0.15) is 11.4 Å². The zero-order chi connectivity index (χ0) is 24.1. The van der Waals surface area contributed by atoms with Crippen molar-refractivity contribution >= 4 is 25.8 Å². The van der Waals surface area contributed by atoms with Crippen molar-refractivity contribution < 1.29 is 32.4 Å². The van der Waals surface area contributed by atoms with Crippen molar-refractivity contribution in [3.05, 3.63) is 101 Å². The van der Waals surface area contributed by atoms with Crippen molar-refractivity contribution in [1.82, 2.24) is 5.16 Å². The summed E-state index contributed by atoms with van der Waals surface area (Å²) < 4.78 is 35.6. The van der Waals surface area contributed by atoms with Gasteiger partial charge in [-0.15, -0.1) is 0 Å². The van der Waals surface area contributed by atoms with Gasteiger partial charge in [0.05, 0.1) is 11.9 Å². The van der Waals surface area contributed by atoms with Gasteiger partial charge in [0.15, 0.2) is 5.76 Å². The Bertz CT molecular complexity index is 1370. The van der Waals surface area contributed by atoms with Crippen molar-refractivity contribution in [2.24, 2.45) is 0 Å². The Kier molecular flexibility index (Phi) is 7.00. The van der Waals surface area contributed by atoms with E-state index >= 15 is 0 Å². The van der Waals surface area contributed by atoms with E-state index in [-0.39, 0.29) is 11.6 Å². The van der Waals surface area contributed by atoms with Crippen molar-refractivity contribution in [2.45, 2.75) is 13.2 Å². The zero-order valence-electron chi connectivity index (χ0n) is 17.9. The Morgan fingerprint density at radius 1 is 1.06 bits per heavy atom. The van der Waals surface area contributed by atoms with Gasteiger partial charge in [-0.05, 0) is 41.0 Å². The molecule has 8 nitrogen and oxygen atoms in total. The van der Waals surface area contributed by atoms with E-state index < -0.39 is 14.6 Å². The minimum atomic E-state index is -4.63. The largest absolute Gasteiger partial charge is 0.472 e. The lowest BCUT2D eigenvalue weighted by atomic mass is 10.1. The van der Waals surface area contributed by atoms with Crippen LogP contribution < -0.4 is 10.3 Å². The highest BCUT2D eigenvalue weighted by Gasteiger charge is 2.20. The molecular weight excluding hydrogens is 460 g/mol. The molecule has 0 saturated carbocycles. The van der Waals surface area contributed by atoms with Crippen molar-refractivity contribution in [2.75, 3.05) is 5.73 Å². The lowest BCUT2D eigenvalue weighted by Gasteiger charge is -2.07. The molecule has 174 valence electrons. The Morgan fingerprint density at radius 2 is 1.82 bits per heavy atom. The van der Waals surface area contributed by atoms with Crippen LogP contribution in [0.2, 0.25) is 0 Å². The number of nitrogens with two attached hydrogens (primary N) is 1. The van der Waals surface area contributed by atoms with Crippen LogP contribution in [0.5, 0.6) is 0 Å². The number of anilines is 1. The van der Waals surface area contributed by atoms with Gasteiger partial charge in [-0.2, -0.15) is 0 Å². The molecule has 0 aliphatic carbocycles. The van der Waals surface area contributed by atoms with Gasteiger partial charge in [0.25, 0.3) is 5.82 Å². The summed E-state index contributed by atoms with van der Waals surface area (Å²) in [5.41, 5.74) is 10.1. The number of nitrogen functional groups attached to an aromatic ring is 1. The van der Waals surface area contributed by atoms with E-state index in [2.05, 4.69) is 9.68 Å². The number of nitrogens with zero attached hydrogens (tertiary/aromatic N) is 2. The molecule has 2 aromatic carbocycles. The topological polar surface area (TPSA) is 123 Å². The van der Waals surface area contributed by atoms with Crippen LogP contribution in [0.25, 0.3) is 23.5 Å². The summed E-state index contributed by atoms with van der Waals surface area (Å²) in [5.74, 6) is 0.367. The summed E-state index contributed by atoms with van der Waals surface area (Å²) in [4.78, 5) is 17.8. The van der Waals surface area contributed by atoms with E-state index in [0.29, 0.717) is 23.4 Å². The molecular formula is C24H22FN3O5P+. The molecule has 0 atom stereocenters. The normalized spacial score (nSPS) is 11.9. The zero-order valence-corrected chi connectivity index (χ0v) is 18.8. The number of rotatable bonds is 8. The van der Waals surface area contributed by atoms with Crippen molar-refractivity contribution in [3.8, 4) is 11.3 Å². The molecule has 0 aliphatic heterocycles. The van der Waals surface area contributed by atoms with E-state index in [4.69, 9.17) is 20.0 Å². The van der Waals surface area contributed by atoms with Crippen LogP contribution in [0.4, 0.5) is 10.2 Å². The molecule has 0 unspecified atom stereocenters. The van der Waals surface area contributed by atoms with Crippen LogP contribution in [-0.2, 0) is 22.2 Å². The van der Waals surface area contributed by atoms with Crippen LogP contribution >= 0.6 is 7.82 Å². The highest BCUT2D eigenvalue weighted by molar-refractivity contribution is 7.46. The number of hydrogen-bond acceptors (Lipinski definition) is 5. The fraction of sp³-hybridized carbons (Fsp3) is 0.0833. The van der Waals surface area contributed by atoms with E-state index in [9.17, 15) is 8.96 Å². The molecule has 0 radical (unpaired) electrons. The fourth-order valence-electron chi connectivity index (χ4n) is 3.30. The first-order valence-corrected chi connectivity index (χ1v) is 11.8. The maximum absolute atomic E-state index is 13.3. The smallest absolute Gasteiger partial charge is 0.356 e. The summed E-state index contributed by atoms with van der Waals surface area (Å²) in [6.07, 6.45) is 5.83. The molecule has 0 aliphatic rings. The molecule has 4 aromatic rings. The Balaban J connectivity index is 1.44. The van der Waals surface area contributed by atoms with Crippen LogP contribution in [0.1, 0.15) is 22.4 Å². The quantitative estimate of drug-likeness (QED) is 0.196. The SMILES string of the molecule is Nc1c(-c2cc(Cc3ccc(/C=C/c4cccc(F)c4)cc3)no2)ccc[n+]1COP(=O)(O)O. The number of phosphoric acid groups is 1. The van der Waals surface area contributed by atoms with Crippen LogP contribution in [-0.4, -0.2) is 14.9 Å². The van der Waals surface area contributed by atoms with Gasteiger partial charge in [-0.1, -0.05) is 53.7 Å². The molecule has 34 heavy (non-hydrogen) atoms. The first-order chi connectivity index (χ1) is 16.3. The van der Waals surface area contributed by atoms with Crippen LogP contribution in [0.3, 0.4) is 0 Å². The first-order valence-electron chi connectivity index (χ1n) is 10.2. The molecule has 0 amide bonds. The second-order valence-electron chi connectivity index (χ2n) is 7.51. The standard InChI is InChI=1S/C24H21FN3O5P/c25-20-4-1-3-18(13-20)9-6-17-7-10-19(11-8-17)14-21-15-23(33-27-21)22-5-2-12-28(24(22)26)16-32-34(29,30)31/h1-13,15,26H,14,16H2,(H2,29,30,31)/p+1/b9-6+. The predicted molar refractivity (Wildman–Crippen MR) is 124 cm³/mol. The first kappa shape index (κ1) is 23.5. The van der Waals surface area contributed by atoms with E-state index in [1.54, 1.807) is 24.3 Å². The van der Waals surface area contributed by atoms with Crippen LogP contribution in [0, 0.1) is 5.82 Å². The molecule has 4 rings (SSSR count). The predicted octanol–water partition coefficient (Wildman–Crippen LogP) is 4.18. The number of phosphoric ester groups is 1. The fourth-order valence-corrected chi connectivity index (χ4v) is 3.58. The van der Waals surface area contributed by atoms with Crippen LogP contribution in [0.15, 0.2) is 77.4 Å². The monoisotopic (exact) mass is 482 g/mol. The van der Waals surface area contributed by atoms with E-state index in [1.807, 2.05) is 42.5 Å². The van der Waals surface area contributed by atoms with Gasteiger partial charge in [0.2, 0.25) is 6.73 Å². The Labute approximate surface area is 195 Å². The minimum absolute atomic E-state index is 0.216. The average molecular weight is 482 g/mol. The third-order valence-electron chi connectivity index (χ3n) is 4.99. The summed E-state index contributed by atoms with van der Waals surface area (Å²) in [6.45, 7) is -0.412. The number of pyridine rings is 1. The number of benzene rings is 2.